The second-order valence-corrected chi connectivity index (χ2v) is 9.76. The maximum Gasteiger partial charge on any atom is 0.266 e. The van der Waals surface area contributed by atoms with Crippen molar-refractivity contribution < 1.29 is 17.8 Å². The largest absolute Gasteiger partial charge is 0.341 e. The molecule has 0 atom stereocenters. The third-order valence-electron chi connectivity index (χ3n) is 5.30. The highest BCUT2D eigenvalue weighted by Gasteiger charge is 2.10. The van der Waals surface area contributed by atoms with Crippen molar-refractivity contribution >= 4 is 16.0 Å². The van der Waals surface area contributed by atoms with Gasteiger partial charge in [-0.25, -0.2) is 0 Å². The molecule has 5 nitrogen and oxygen atoms in total. The molecule has 0 saturated heterocycles. The van der Waals surface area contributed by atoms with Crippen LogP contribution in [0.4, 0.5) is 0 Å². The van der Waals surface area contributed by atoms with E-state index in [-0.39, 0.29) is 12.5 Å². The average molecular weight is 432 g/mol. The van der Waals surface area contributed by atoms with Crippen LogP contribution in [0.2, 0.25) is 0 Å². The molecule has 6 heteroatoms. The number of hydrogen-bond acceptors (Lipinski definition) is 3. The first-order chi connectivity index (χ1) is 13.9. The van der Waals surface area contributed by atoms with Crippen LogP contribution >= 0.6 is 0 Å². The first-order valence-electron chi connectivity index (χ1n) is 11.7. The predicted octanol–water partition coefficient (Wildman–Crippen LogP) is 6.15. The van der Waals surface area contributed by atoms with Gasteiger partial charge >= 0.3 is 0 Å². The summed E-state index contributed by atoms with van der Waals surface area (Å²) in [6.07, 6.45) is 24.3. The van der Waals surface area contributed by atoms with Crippen molar-refractivity contribution in [1.29, 1.82) is 0 Å². The molecule has 0 aromatic rings. The maximum absolute atomic E-state index is 11.8. The van der Waals surface area contributed by atoms with Gasteiger partial charge in [-0.05, 0) is 18.9 Å². The van der Waals surface area contributed by atoms with Gasteiger partial charge in [0.05, 0.1) is 5.75 Å². The van der Waals surface area contributed by atoms with Gasteiger partial charge < -0.3 is 4.90 Å². The minimum atomic E-state index is -4.02. The lowest BCUT2D eigenvalue weighted by molar-refractivity contribution is -0.124. The Morgan fingerprint density at radius 2 is 1.21 bits per heavy atom. The fourth-order valence-corrected chi connectivity index (χ4v) is 3.81. The van der Waals surface area contributed by atoms with E-state index in [4.69, 9.17) is 4.55 Å². The van der Waals surface area contributed by atoms with Crippen molar-refractivity contribution in [2.75, 3.05) is 19.3 Å². The number of likely N-dealkylation sites (N-methyl/N-ethyl adjacent to an activating group) is 1. The summed E-state index contributed by atoms with van der Waals surface area (Å²) < 4.78 is 30.1. The zero-order valence-corrected chi connectivity index (χ0v) is 19.7. The first-order valence-corrected chi connectivity index (χ1v) is 13.3. The summed E-state index contributed by atoms with van der Waals surface area (Å²) in [7, 11) is -2.49. The molecule has 0 unspecified atom stereocenters. The number of amides is 1. The molecule has 0 spiro atoms. The smallest absolute Gasteiger partial charge is 0.266 e. The van der Waals surface area contributed by atoms with Crippen LogP contribution in [0.25, 0.3) is 0 Å². The van der Waals surface area contributed by atoms with E-state index in [1.807, 2.05) is 6.08 Å². The Kier molecular flexibility index (Phi) is 18.5. The molecular formula is C23H45NO4S. The fourth-order valence-electron chi connectivity index (χ4n) is 3.31. The van der Waals surface area contributed by atoms with Crippen LogP contribution in [-0.4, -0.2) is 43.1 Å². The van der Waals surface area contributed by atoms with Crippen LogP contribution in [0.15, 0.2) is 12.2 Å². The van der Waals surface area contributed by atoms with Crippen molar-refractivity contribution in [1.82, 2.24) is 4.90 Å². The Balaban J connectivity index is 3.38. The summed E-state index contributed by atoms with van der Waals surface area (Å²) >= 11 is 0. The number of allylic oxidation sites excluding steroid dienone is 1. The van der Waals surface area contributed by atoms with E-state index in [2.05, 4.69) is 6.92 Å². The molecule has 1 amide bonds. The van der Waals surface area contributed by atoms with Crippen molar-refractivity contribution in [3.05, 3.63) is 12.2 Å². The van der Waals surface area contributed by atoms with E-state index in [0.717, 1.165) is 12.8 Å². The van der Waals surface area contributed by atoms with Crippen LogP contribution < -0.4 is 0 Å². The Morgan fingerprint density at radius 1 is 0.793 bits per heavy atom. The summed E-state index contributed by atoms with van der Waals surface area (Å²) in [6.45, 7) is 2.27. The molecule has 0 saturated carbocycles. The second kappa shape index (κ2) is 19.1. The zero-order chi connectivity index (χ0) is 21.8. The minimum absolute atomic E-state index is 0.000958. The van der Waals surface area contributed by atoms with Crippen LogP contribution in [0.3, 0.4) is 0 Å². The standard InChI is InChI=1S/C23H45NO4S/c1-3-4-5-6-7-8-9-10-11-12-13-14-15-16-17-18-19-20-23(25)24(2)21-22-29(26,27)28/h19-20H,3-18,21-22H2,1-2H3,(H,26,27,28)/b20-19+. The highest BCUT2D eigenvalue weighted by molar-refractivity contribution is 7.85. The van der Waals surface area contributed by atoms with Gasteiger partial charge in [-0.15, -0.1) is 0 Å². The monoisotopic (exact) mass is 431 g/mol. The molecule has 172 valence electrons. The molecule has 0 bridgehead atoms. The van der Waals surface area contributed by atoms with E-state index in [0.29, 0.717) is 0 Å². The quantitative estimate of drug-likeness (QED) is 0.142. The SMILES string of the molecule is CCCCCCCCCCCCCCCCC/C=C/C(=O)N(C)CCS(=O)(=O)O. The lowest BCUT2D eigenvalue weighted by atomic mass is 10.0. The lowest BCUT2D eigenvalue weighted by Crippen LogP contribution is -2.30. The van der Waals surface area contributed by atoms with Gasteiger partial charge in [-0.3, -0.25) is 9.35 Å². The predicted molar refractivity (Wildman–Crippen MR) is 123 cm³/mol. The molecule has 0 fully saturated rings. The molecule has 0 aliphatic rings. The van der Waals surface area contributed by atoms with Gasteiger partial charge in [-0.2, -0.15) is 8.42 Å². The van der Waals surface area contributed by atoms with Crippen LogP contribution in [0, 0.1) is 0 Å². The fraction of sp³-hybridized carbons (Fsp3) is 0.870. The number of hydrogen-bond donors (Lipinski definition) is 1. The van der Waals surface area contributed by atoms with E-state index in [1.165, 1.54) is 108 Å². The van der Waals surface area contributed by atoms with Crippen molar-refractivity contribution in [3.8, 4) is 0 Å². The normalized spacial score (nSPS) is 12.0. The van der Waals surface area contributed by atoms with Crippen LogP contribution in [-0.2, 0) is 14.9 Å². The number of carbonyl (C=O) groups is 1. The molecule has 0 aromatic carbocycles. The average Bonchev–Trinajstić information content (AvgIpc) is 2.67. The zero-order valence-electron chi connectivity index (χ0n) is 18.9. The third kappa shape index (κ3) is 21.6. The highest BCUT2D eigenvalue weighted by Crippen LogP contribution is 2.13. The Labute approximate surface area is 180 Å². The molecule has 0 aromatic heterocycles. The highest BCUT2D eigenvalue weighted by atomic mass is 32.2. The minimum Gasteiger partial charge on any atom is -0.341 e. The summed E-state index contributed by atoms with van der Waals surface area (Å²) in [6, 6.07) is 0. The summed E-state index contributed by atoms with van der Waals surface area (Å²) in [5.41, 5.74) is 0. The molecule has 0 radical (unpaired) electrons. The molecular weight excluding hydrogens is 386 g/mol. The maximum atomic E-state index is 11.8. The molecule has 0 aliphatic heterocycles. The molecule has 1 N–H and O–H groups in total. The number of unbranched alkanes of at least 4 members (excludes halogenated alkanes) is 15. The van der Waals surface area contributed by atoms with Crippen LogP contribution in [0.1, 0.15) is 110 Å². The van der Waals surface area contributed by atoms with Gasteiger partial charge in [0.25, 0.3) is 10.1 Å². The van der Waals surface area contributed by atoms with E-state index >= 15 is 0 Å². The van der Waals surface area contributed by atoms with E-state index in [9.17, 15) is 13.2 Å². The van der Waals surface area contributed by atoms with Crippen molar-refractivity contribution in [2.45, 2.75) is 110 Å². The third-order valence-corrected chi connectivity index (χ3v) is 5.99. The van der Waals surface area contributed by atoms with Crippen molar-refractivity contribution in [3.63, 3.8) is 0 Å². The summed E-state index contributed by atoms with van der Waals surface area (Å²) in [4.78, 5) is 13.1. The van der Waals surface area contributed by atoms with Gasteiger partial charge in [0.15, 0.2) is 0 Å². The molecule has 29 heavy (non-hydrogen) atoms. The number of carbonyl (C=O) groups excluding carboxylic acids is 1. The van der Waals surface area contributed by atoms with E-state index < -0.39 is 15.9 Å². The van der Waals surface area contributed by atoms with Gasteiger partial charge in [0, 0.05) is 13.6 Å². The Morgan fingerprint density at radius 3 is 1.62 bits per heavy atom. The topological polar surface area (TPSA) is 74.7 Å². The van der Waals surface area contributed by atoms with Gasteiger partial charge in [0.2, 0.25) is 5.91 Å². The number of nitrogens with zero attached hydrogens (tertiary/aromatic N) is 1. The van der Waals surface area contributed by atoms with Crippen molar-refractivity contribution in [2.24, 2.45) is 0 Å². The molecule has 0 heterocycles. The lowest BCUT2D eigenvalue weighted by Gasteiger charge is -2.13. The van der Waals surface area contributed by atoms with Gasteiger partial charge in [0.1, 0.15) is 0 Å². The van der Waals surface area contributed by atoms with Crippen LogP contribution in [0.5, 0.6) is 0 Å². The Hall–Kier alpha value is -0.880. The number of rotatable bonds is 20. The first kappa shape index (κ1) is 28.1. The molecule has 0 aliphatic carbocycles. The molecule has 0 rings (SSSR count). The summed E-state index contributed by atoms with van der Waals surface area (Å²) in [5.74, 6) is -0.656. The van der Waals surface area contributed by atoms with E-state index in [1.54, 1.807) is 0 Å². The second-order valence-electron chi connectivity index (χ2n) is 8.19. The Bertz CT molecular complexity index is 517. The summed E-state index contributed by atoms with van der Waals surface area (Å²) in [5, 5.41) is 0. The van der Waals surface area contributed by atoms with Gasteiger partial charge in [-0.1, -0.05) is 103 Å².